The molecule has 0 fully saturated rings. The standard InChI is InChI=1S/C40H39ClN6O/c1-27-2-4-32(5-3-27)26-47-37-20-17-34(22-36(37)45-38(47)21-14-28-10-15-33(16-11-28)39(43)44)40(48)46(25-31-12-18-35(41)19-13-31)24-30-8-6-29(23-42)7-9-30/h2-13,15-20,22H,14,21,23-26,42H2,1H3,(H3,43,44). The second-order valence-electron chi connectivity index (χ2n) is 12.2. The third-order valence-corrected chi connectivity index (χ3v) is 8.90. The summed E-state index contributed by atoms with van der Waals surface area (Å²) in [6.07, 6.45) is 1.49. The zero-order valence-electron chi connectivity index (χ0n) is 27.0. The SMILES string of the molecule is Cc1ccc(Cn2c(CCc3ccc(C(=N)N)cc3)nc3cc(C(=O)N(Cc4ccc(Cl)cc4)Cc4ccc(CN)cc4)ccc32)cc1. The second-order valence-corrected chi connectivity index (χ2v) is 12.7. The quantitative estimate of drug-likeness (QED) is 0.0941. The molecule has 0 aliphatic heterocycles. The molecule has 0 unspecified atom stereocenters. The minimum atomic E-state index is -0.0741. The van der Waals surface area contributed by atoms with Gasteiger partial charge in [-0.2, -0.15) is 0 Å². The molecule has 0 spiro atoms. The lowest BCUT2D eigenvalue weighted by atomic mass is 10.1. The summed E-state index contributed by atoms with van der Waals surface area (Å²) in [5.41, 5.74) is 21.1. The summed E-state index contributed by atoms with van der Waals surface area (Å²) in [5.74, 6) is 0.932. The Hall–Kier alpha value is -5.24. The fourth-order valence-electron chi connectivity index (χ4n) is 5.86. The van der Waals surface area contributed by atoms with E-state index < -0.39 is 0 Å². The molecule has 0 saturated heterocycles. The van der Waals surface area contributed by atoms with Gasteiger partial charge >= 0.3 is 0 Å². The average molecular weight is 655 g/mol. The average Bonchev–Trinajstić information content (AvgIpc) is 3.45. The molecule has 1 amide bonds. The van der Waals surface area contributed by atoms with Crippen molar-refractivity contribution >= 4 is 34.4 Å². The van der Waals surface area contributed by atoms with Crippen molar-refractivity contribution in [3.8, 4) is 0 Å². The first kappa shape index (κ1) is 32.7. The highest BCUT2D eigenvalue weighted by Gasteiger charge is 2.20. The number of hydrogen-bond acceptors (Lipinski definition) is 4. The summed E-state index contributed by atoms with van der Waals surface area (Å²) >= 11 is 6.16. The first-order chi connectivity index (χ1) is 23.2. The third-order valence-electron chi connectivity index (χ3n) is 8.64. The maximum absolute atomic E-state index is 14.2. The Bertz CT molecular complexity index is 2030. The molecule has 7 nitrogen and oxygen atoms in total. The van der Waals surface area contributed by atoms with Crippen LogP contribution in [0.3, 0.4) is 0 Å². The Labute approximate surface area is 286 Å². The molecule has 0 radical (unpaired) electrons. The van der Waals surface area contributed by atoms with Gasteiger partial charge in [0.1, 0.15) is 11.7 Å². The normalized spacial score (nSPS) is 11.1. The van der Waals surface area contributed by atoms with E-state index in [1.165, 1.54) is 11.1 Å². The lowest BCUT2D eigenvalue weighted by Crippen LogP contribution is -2.30. The number of amidine groups is 1. The topological polar surface area (TPSA) is 114 Å². The van der Waals surface area contributed by atoms with Crippen LogP contribution in [0.2, 0.25) is 5.02 Å². The maximum atomic E-state index is 14.2. The molecule has 1 heterocycles. The number of amides is 1. The van der Waals surface area contributed by atoms with Crippen molar-refractivity contribution in [2.24, 2.45) is 11.5 Å². The van der Waals surface area contributed by atoms with E-state index in [0.717, 1.165) is 45.5 Å². The molecule has 0 saturated carbocycles. The number of imidazole rings is 1. The van der Waals surface area contributed by atoms with Gasteiger partial charge in [-0.3, -0.25) is 10.2 Å². The Morgan fingerprint density at radius 1 is 0.750 bits per heavy atom. The van der Waals surface area contributed by atoms with E-state index in [-0.39, 0.29) is 11.7 Å². The molecular formula is C40H39ClN6O. The highest BCUT2D eigenvalue weighted by atomic mass is 35.5. The van der Waals surface area contributed by atoms with Gasteiger partial charge in [-0.15, -0.1) is 0 Å². The number of halogens is 1. The number of aryl methyl sites for hydroxylation is 3. The summed E-state index contributed by atoms with van der Waals surface area (Å²) < 4.78 is 2.25. The Kier molecular flexibility index (Phi) is 9.99. The predicted molar refractivity (Wildman–Crippen MR) is 194 cm³/mol. The van der Waals surface area contributed by atoms with Crippen LogP contribution in [0.1, 0.15) is 55.1 Å². The number of carbonyl (C=O) groups excluding carboxylic acids is 1. The number of hydrogen-bond donors (Lipinski definition) is 3. The van der Waals surface area contributed by atoms with E-state index in [2.05, 4.69) is 35.8 Å². The molecular weight excluding hydrogens is 616 g/mol. The molecule has 5 N–H and O–H groups in total. The Morgan fingerprint density at radius 2 is 1.31 bits per heavy atom. The molecule has 0 bridgehead atoms. The monoisotopic (exact) mass is 654 g/mol. The first-order valence-electron chi connectivity index (χ1n) is 16.1. The number of rotatable bonds is 12. The number of nitrogens with two attached hydrogens (primary N) is 2. The van der Waals surface area contributed by atoms with Crippen LogP contribution in [0, 0.1) is 12.3 Å². The number of aromatic nitrogens is 2. The molecule has 242 valence electrons. The molecule has 6 rings (SSSR count). The fraction of sp³-hybridized carbons (Fsp3) is 0.175. The first-order valence-corrected chi connectivity index (χ1v) is 16.4. The highest BCUT2D eigenvalue weighted by Crippen LogP contribution is 2.24. The van der Waals surface area contributed by atoms with Crippen molar-refractivity contribution in [2.45, 2.75) is 45.9 Å². The van der Waals surface area contributed by atoms with Crippen molar-refractivity contribution < 1.29 is 4.79 Å². The minimum Gasteiger partial charge on any atom is -0.384 e. The molecule has 1 aromatic heterocycles. The number of nitrogen functional groups attached to an aromatic ring is 1. The summed E-state index contributed by atoms with van der Waals surface area (Å²) in [4.78, 5) is 21.2. The summed E-state index contributed by atoms with van der Waals surface area (Å²) in [7, 11) is 0. The van der Waals surface area contributed by atoms with Gasteiger partial charge in [0.25, 0.3) is 5.91 Å². The number of carbonyl (C=O) groups is 1. The molecule has 6 aromatic rings. The lowest BCUT2D eigenvalue weighted by Gasteiger charge is -2.23. The molecule has 0 aliphatic rings. The predicted octanol–water partition coefficient (Wildman–Crippen LogP) is 7.42. The van der Waals surface area contributed by atoms with E-state index in [1.54, 1.807) is 0 Å². The van der Waals surface area contributed by atoms with E-state index in [1.807, 2.05) is 95.9 Å². The molecule has 0 aliphatic carbocycles. The van der Waals surface area contributed by atoms with Crippen LogP contribution in [0.4, 0.5) is 0 Å². The maximum Gasteiger partial charge on any atom is 0.254 e. The van der Waals surface area contributed by atoms with Crippen molar-refractivity contribution in [2.75, 3.05) is 0 Å². The Balaban J connectivity index is 1.32. The van der Waals surface area contributed by atoms with E-state index >= 15 is 0 Å². The lowest BCUT2D eigenvalue weighted by molar-refractivity contribution is 0.0730. The Morgan fingerprint density at radius 3 is 1.94 bits per heavy atom. The minimum absolute atomic E-state index is 0.0584. The van der Waals surface area contributed by atoms with Crippen molar-refractivity contribution in [1.29, 1.82) is 5.41 Å². The summed E-state index contributed by atoms with van der Waals surface area (Å²) in [5, 5.41) is 8.35. The molecule has 5 aromatic carbocycles. The van der Waals surface area contributed by atoms with Crippen LogP contribution in [0.15, 0.2) is 115 Å². The van der Waals surface area contributed by atoms with Crippen LogP contribution in [-0.2, 0) is 39.0 Å². The summed E-state index contributed by atoms with van der Waals surface area (Å²) in [6.45, 7) is 4.10. The van der Waals surface area contributed by atoms with Crippen LogP contribution in [0.25, 0.3) is 11.0 Å². The van der Waals surface area contributed by atoms with Gasteiger partial charge in [0.2, 0.25) is 0 Å². The van der Waals surface area contributed by atoms with Crippen LogP contribution in [-0.4, -0.2) is 26.2 Å². The van der Waals surface area contributed by atoms with Gasteiger partial charge in [-0.1, -0.05) is 102 Å². The van der Waals surface area contributed by atoms with Gasteiger partial charge in [0, 0.05) is 48.7 Å². The number of fused-ring (bicyclic) bond motifs is 1. The molecule has 48 heavy (non-hydrogen) atoms. The smallest absolute Gasteiger partial charge is 0.254 e. The largest absolute Gasteiger partial charge is 0.384 e. The zero-order chi connectivity index (χ0) is 33.6. The molecule has 8 heteroatoms. The van der Waals surface area contributed by atoms with E-state index in [9.17, 15) is 4.79 Å². The zero-order valence-corrected chi connectivity index (χ0v) is 27.8. The summed E-state index contributed by atoms with van der Waals surface area (Å²) in [6, 6.07) is 37.9. The van der Waals surface area contributed by atoms with E-state index in [0.29, 0.717) is 48.7 Å². The van der Waals surface area contributed by atoms with Crippen LogP contribution >= 0.6 is 11.6 Å². The van der Waals surface area contributed by atoms with Crippen molar-refractivity contribution in [3.05, 3.63) is 171 Å². The van der Waals surface area contributed by atoms with Crippen LogP contribution in [0.5, 0.6) is 0 Å². The van der Waals surface area contributed by atoms with Crippen molar-refractivity contribution in [3.63, 3.8) is 0 Å². The number of benzene rings is 5. The van der Waals surface area contributed by atoms with Gasteiger partial charge < -0.3 is 20.9 Å². The number of nitrogens with one attached hydrogen (secondary N) is 1. The van der Waals surface area contributed by atoms with E-state index in [4.69, 9.17) is 33.5 Å². The van der Waals surface area contributed by atoms with Gasteiger partial charge in [0.15, 0.2) is 0 Å². The van der Waals surface area contributed by atoms with Gasteiger partial charge in [-0.25, -0.2) is 4.98 Å². The van der Waals surface area contributed by atoms with Gasteiger partial charge in [-0.05, 0) is 71.5 Å². The highest BCUT2D eigenvalue weighted by molar-refractivity contribution is 6.30. The second kappa shape index (κ2) is 14.7. The third kappa shape index (κ3) is 7.82. The fourth-order valence-corrected chi connectivity index (χ4v) is 5.98. The molecule has 0 atom stereocenters. The van der Waals surface area contributed by atoms with Crippen molar-refractivity contribution in [1.82, 2.24) is 14.5 Å². The van der Waals surface area contributed by atoms with Gasteiger partial charge in [0.05, 0.1) is 11.0 Å². The van der Waals surface area contributed by atoms with Crippen LogP contribution < -0.4 is 11.5 Å². The number of nitrogens with zero attached hydrogens (tertiary/aromatic N) is 3.